The number of nitrogens with zero attached hydrogens (tertiary/aromatic N) is 2. The molecular weight excluding hydrogens is 447 g/mol. The van der Waals surface area contributed by atoms with Crippen molar-refractivity contribution in [3.8, 4) is 0 Å². The van der Waals surface area contributed by atoms with E-state index in [9.17, 15) is 4.79 Å². The maximum atomic E-state index is 12.0. The highest BCUT2D eigenvalue weighted by Gasteiger charge is 2.21. The van der Waals surface area contributed by atoms with Crippen LogP contribution >= 0.6 is 24.0 Å². The van der Waals surface area contributed by atoms with Gasteiger partial charge in [0.05, 0.1) is 6.61 Å². The largest absolute Gasteiger partial charge is 0.444 e. The molecule has 1 aliphatic rings. The molecular formula is C18H37IN4O3. The Morgan fingerprint density at radius 1 is 1.42 bits per heavy atom. The summed E-state index contributed by atoms with van der Waals surface area (Å²) in [4.78, 5) is 18.5. The Morgan fingerprint density at radius 2 is 2.12 bits per heavy atom. The molecule has 7 nitrogen and oxygen atoms in total. The van der Waals surface area contributed by atoms with Crippen LogP contribution in [0.15, 0.2) is 4.99 Å². The van der Waals surface area contributed by atoms with Crippen LogP contribution in [0.1, 0.15) is 47.0 Å². The second kappa shape index (κ2) is 12.6. The maximum absolute atomic E-state index is 12.0. The Hall–Kier alpha value is -0.770. The van der Waals surface area contributed by atoms with Crippen molar-refractivity contribution in [1.29, 1.82) is 0 Å². The van der Waals surface area contributed by atoms with Crippen LogP contribution in [-0.4, -0.2) is 69.0 Å². The molecule has 1 heterocycles. The fourth-order valence-corrected chi connectivity index (χ4v) is 2.85. The van der Waals surface area contributed by atoms with Crippen LogP contribution in [0.4, 0.5) is 4.79 Å². The number of hydrogen-bond acceptors (Lipinski definition) is 4. The van der Waals surface area contributed by atoms with Gasteiger partial charge >= 0.3 is 6.09 Å². The number of hydrogen-bond donors (Lipinski definition) is 2. The number of nitrogens with one attached hydrogen (secondary N) is 2. The summed E-state index contributed by atoms with van der Waals surface area (Å²) in [6.45, 7) is 10.9. The van der Waals surface area contributed by atoms with Crippen molar-refractivity contribution in [2.24, 2.45) is 10.9 Å². The van der Waals surface area contributed by atoms with Crippen LogP contribution in [0, 0.1) is 5.92 Å². The van der Waals surface area contributed by atoms with Crippen LogP contribution in [-0.2, 0) is 9.47 Å². The third-order valence-corrected chi connectivity index (χ3v) is 3.99. The highest BCUT2D eigenvalue weighted by Crippen LogP contribution is 2.13. The van der Waals surface area contributed by atoms with E-state index in [0.717, 1.165) is 45.0 Å². The van der Waals surface area contributed by atoms with Crippen LogP contribution in [0.3, 0.4) is 0 Å². The molecule has 0 radical (unpaired) electrons. The summed E-state index contributed by atoms with van der Waals surface area (Å²) in [5.74, 6) is 1.38. The number of guanidine groups is 1. The van der Waals surface area contributed by atoms with Crippen molar-refractivity contribution in [3.05, 3.63) is 0 Å². The van der Waals surface area contributed by atoms with E-state index < -0.39 is 5.60 Å². The molecule has 2 N–H and O–H groups in total. The van der Waals surface area contributed by atoms with E-state index in [4.69, 9.17) is 9.47 Å². The lowest BCUT2D eigenvalue weighted by Crippen LogP contribution is -2.49. The van der Waals surface area contributed by atoms with Gasteiger partial charge in [0.1, 0.15) is 5.60 Å². The normalized spacial score (nSPS) is 18.7. The number of halogens is 1. The molecule has 154 valence electrons. The molecule has 0 spiro atoms. The van der Waals surface area contributed by atoms with E-state index in [1.165, 1.54) is 0 Å². The summed E-state index contributed by atoms with van der Waals surface area (Å²) in [7, 11) is 3.81. The molecule has 0 saturated carbocycles. The van der Waals surface area contributed by atoms with Gasteiger partial charge in [-0.3, -0.25) is 4.99 Å². The topological polar surface area (TPSA) is 75.2 Å². The Kier molecular flexibility index (Phi) is 12.2. The minimum absolute atomic E-state index is 0. The molecule has 1 amide bonds. The Balaban J connectivity index is 0.00000625. The van der Waals surface area contributed by atoms with E-state index >= 15 is 0 Å². The SMILES string of the molecule is CCCC(CNC(=NC)N(C)CC1CCOC1)NC(=O)OC(C)(C)C.I. The van der Waals surface area contributed by atoms with E-state index in [-0.39, 0.29) is 36.1 Å². The van der Waals surface area contributed by atoms with Crippen LogP contribution < -0.4 is 10.6 Å². The Morgan fingerprint density at radius 3 is 2.62 bits per heavy atom. The molecule has 0 aromatic carbocycles. The van der Waals surface area contributed by atoms with Crippen molar-refractivity contribution >= 4 is 36.0 Å². The summed E-state index contributed by atoms with van der Waals surface area (Å²) in [5, 5.41) is 6.31. The van der Waals surface area contributed by atoms with Crippen molar-refractivity contribution < 1.29 is 14.3 Å². The fraction of sp³-hybridized carbons (Fsp3) is 0.889. The second-order valence-electron chi connectivity index (χ2n) is 7.67. The summed E-state index contributed by atoms with van der Waals surface area (Å²) in [5.41, 5.74) is -0.492. The minimum Gasteiger partial charge on any atom is -0.444 e. The highest BCUT2D eigenvalue weighted by atomic mass is 127. The van der Waals surface area contributed by atoms with Gasteiger partial charge in [0.25, 0.3) is 0 Å². The summed E-state index contributed by atoms with van der Waals surface area (Å²) < 4.78 is 10.8. The Bertz CT molecular complexity index is 435. The van der Waals surface area contributed by atoms with E-state index in [2.05, 4.69) is 27.4 Å². The minimum atomic E-state index is -0.492. The number of amides is 1. The Labute approximate surface area is 175 Å². The molecule has 0 aromatic rings. The van der Waals surface area contributed by atoms with E-state index in [1.54, 1.807) is 7.05 Å². The second-order valence-corrected chi connectivity index (χ2v) is 7.67. The summed E-state index contributed by atoms with van der Waals surface area (Å²) in [6, 6.07) is -0.000172. The van der Waals surface area contributed by atoms with Gasteiger partial charge in [0.2, 0.25) is 0 Å². The van der Waals surface area contributed by atoms with Crippen LogP contribution in [0.5, 0.6) is 0 Å². The number of aliphatic imine (C=N–C) groups is 1. The van der Waals surface area contributed by atoms with Crippen molar-refractivity contribution in [3.63, 3.8) is 0 Å². The van der Waals surface area contributed by atoms with E-state index in [1.807, 2.05) is 27.8 Å². The smallest absolute Gasteiger partial charge is 0.407 e. The van der Waals surface area contributed by atoms with Gasteiger partial charge in [-0.2, -0.15) is 0 Å². The van der Waals surface area contributed by atoms with Gasteiger partial charge < -0.3 is 25.0 Å². The lowest BCUT2D eigenvalue weighted by molar-refractivity contribution is 0.0502. The third kappa shape index (κ3) is 10.4. The van der Waals surface area contributed by atoms with Crippen molar-refractivity contribution in [2.75, 3.05) is 40.4 Å². The predicted octanol–water partition coefficient (Wildman–Crippen LogP) is 2.84. The van der Waals surface area contributed by atoms with Crippen molar-refractivity contribution in [1.82, 2.24) is 15.5 Å². The van der Waals surface area contributed by atoms with Gasteiger partial charge in [0.15, 0.2) is 5.96 Å². The van der Waals surface area contributed by atoms with Gasteiger partial charge in [-0.15, -0.1) is 24.0 Å². The monoisotopic (exact) mass is 484 g/mol. The average Bonchev–Trinajstić information content (AvgIpc) is 2.98. The predicted molar refractivity (Wildman–Crippen MR) is 116 cm³/mol. The number of rotatable bonds is 7. The zero-order chi connectivity index (χ0) is 18.9. The summed E-state index contributed by atoms with van der Waals surface area (Å²) in [6.07, 6.45) is 2.58. The number of carbonyl (C=O) groups is 1. The van der Waals surface area contributed by atoms with Gasteiger partial charge in [0, 0.05) is 45.8 Å². The lowest BCUT2D eigenvalue weighted by Gasteiger charge is -2.27. The molecule has 1 fully saturated rings. The number of ether oxygens (including phenoxy) is 2. The zero-order valence-corrected chi connectivity index (χ0v) is 19.5. The molecule has 1 saturated heterocycles. The van der Waals surface area contributed by atoms with E-state index in [0.29, 0.717) is 12.5 Å². The first kappa shape index (κ1) is 25.2. The molecule has 26 heavy (non-hydrogen) atoms. The first-order chi connectivity index (χ1) is 11.7. The molecule has 2 unspecified atom stereocenters. The van der Waals surface area contributed by atoms with Crippen LogP contribution in [0.25, 0.3) is 0 Å². The molecule has 0 bridgehead atoms. The first-order valence-corrected chi connectivity index (χ1v) is 9.24. The highest BCUT2D eigenvalue weighted by molar-refractivity contribution is 14.0. The number of alkyl carbamates (subject to hydrolysis) is 1. The van der Waals surface area contributed by atoms with Gasteiger partial charge in [-0.05, 0) is 33.6 Å². The molecule has 8 heteroatoms. The van der Waals surface area contributed by atoms with Crippen molar-refractivity contribution in [2.45, 2.75) is 58.6 Å². The summed E-state index contributed by atoms with van der Waals surface area (Å²) >= 11 is 0. The zero-order valence-electron chi connectivity index (χ0n) is 17.1. The fourth-order valence-electron chi connectivity index (χ4n) is 2.85. The molecule has 0 aromatic heterocycles. The first-order valence-electron chi connectivity index (χ1n) is 9.24. The maximum Gasteiger partial charge on any atom is 0.407 e. The third-order valence-electron chi connectivity index (χ3n) is 3.99. The molecule has 2 atom stereocenters. The quantitative estimate of drug-likeness (QED) is 0.330. The molecule has 0 aliphatic carbocycles. The van der Waals surface area contributed by atoms with Gasteiger partial charge in [-0.25, -0.2) is 4.79 Å². The molecule has 1 rings (SSSR count). The standard InChI is InChI=1S/C18H36N4O3.HI/c1-7-8-15(21-17(23)25-18(2,3)4)11-20-16(19-5)22(6)12-14-9-10-24-13-14;/h14-15H,7-13H2,1-6H3,(H,19,20)(H,21,23);1H. The average molecular weight is 484 g/mol. The molecule has 1 aliphatic heterocycles. The van der Waals surface area contributed by atoms with Crippen LogP contribution in [0.2, 0.25) is 0 Å². The number of carbonyl (C=O) groups excluding carboxylic acids is 1. The lowest BCUT2D eigenvalue weighted by atomic mass is 10.1. The van der Waals surface area contributed by atoms with Gasteiger partial charge in [-0.1, -0.05) is 13.3 Å².